The summed E-state index contributed by atoms with van der Waals surface area (Å²) < 4.78 is 6.10. The quantitative estimate of drug-likeness (QED) is 0.518. The monoisotopic (exact) mass is 355 g/mol. The fourth-order valence-corrected chi connectivity index (χ4v) is 2.90. The van der Waals surface area contributed by atoms with Crippen molar-refractivity contribution in [2.24, 2.45) is 0 Å². The van der Waals surface area contributed by atoms with Crippen LogP contribution < -0.4 is 21.5 Å². The molecule has 0 spiro atoms. The number of methoxy groups -OCH3 is 1. The Labute approximate surface area is 148 Å². The molecule has 128 valence electrons. The maximum Gasteiger partial charge on any atom is 0.315 e. The number of rotatable bonds is 6. The minimum Gasteiger partial charge on any atom is -0.497 e. The smallest absolute Gasteiger partial charge is 0.315 e. The number of hydrogen-bond donors (Lipinski definition) is 2. The summed E-state index contributed by atoms with van der Waals surface area (Å²) >= 11 is 1.35. The number of anilines is 2. The summed E-state index contributed by atoms with van der Waals surface area (Å²) in [6.07, 6.45) is 0. The molecule has 0 atom stereocenters. The van der Waals surface area contributed by atoms with Crippen LogP contribution in [0.15, 0.2) is 64.5 Å². The van der Waals surface area contributed by atoms with Crippen LogP contribution in [0, 0.1) is 0 Å². The van der Waals surface area contributed by atoms with E-state index in [4.69, 9.17) is 10.6 Å². The molecule has 0 aliphatic heterocycles. The van der Waals surface area contributed by atoms with Gasteiger partial charge in [0.25, 0.3) is 0 Å². The van der Waals surface area contributed by atoms with Gasteiger partial charge in [0.1, 0.15) is 5.75 Å². The Balaban J connectivity index is 1.74. The fraction of sp³-hybridized carbons (Fsp3) is 0.118. The topological polar surface area (TPSA) is 95.1 Å². The molecule has 7 nitrogen and oxygen atoms in total. The molecule has 0 bridgehead atoms. The van der Waals surface area contributed by atoms with Crippen LogP contribution in [0.25, 0.3) is 0 Å². The molecule has 0 aliphatic rings. The van der Waals surface area contributed by atoms with Crippen LogP contribution >= 0.6 is 11.8 Å². The molecule has 0 unspecified atom stereocenters. The molecule has 1 heterocycles. The molecule has 0 saturated heterocycles. The van der Waals surface area contributed by atoms with Crippen molar-refractivity contribution in [1.82, 2.24) is 14.9 Å². The van der Waals surface area contributed by atoms with E-state index in [-0.39, 0.29) is 5.82 Å². The van der Waals surface area contributed by atoms with E-state index in [1.54, 1.807) is 31.4 Å². The fourth-order valence-electron chi connectivity index (χ4n) is 2.09. The van der Waals surface area contributed by atoms with Gasteiger partial charge in [0.15, 0.2) is 0 Å². The zero-order chi connectivity index (χ0) is 17.6. The van der Waals surface area contributed by atoms with Crippen molar-refractivity contribution in [3.05, 3.63) is 70.5 Å². The van der Waals surface area contributed by atoms with E-state index in [1.165, 1.54) is 11.8 Å². The molecule has 0 aliphatic carbocycles. The zero-order valence-corrected chi connectivity index (χ0v) is 14.4. The van der Waals surface area contributed by atoms with Gasteiger partial charge in [-0.3, -0.25) is 4.79 Å². The number of nitrogens with zero attached hydrogens (tertiary/aromatic N) is 3. The third kappa shape index (κ3) is 4.10. The van der Waals surface area contributed by atoms with Gasteiger partial charge >= 0.3 is 5.56 Å². The third-order valence-corrected chi connectivity index (χ3v) is 4.44. The number of benzene rings is 2. The van der Waals surface area contributed by atoms with E-state index in [2.05, 4.69) is 15.5 Å². The van der Waals surface area contributed by atoms with E-state index >= 15 is 0 Å². The van der Waals surface area contributed by atoms with Crippen molar-refractivity contribution >= 4 is 23.3 Å². The van der Waals surface area contributed by atoms with Crippen molar-refractivity contribution in [3.63, 3.8) is 0 Å². The number of hydrogen-bond acceptors (Lipinski definition) is 7. The van der Waals surface area contributed by atoms with Crippen LogP contribution in [0.3, 0.4) is 0 Å². The van der Waals surface area contributed by atoms with Crippen LogP contribution in [-0.4, -0.2) is 22.0 Å². The normalized spacial score (nSPS) is 10.4. The summed E-state index contributed by atoms with van der Waals surface area (Å²) in [5.41, 5.74) is 1.36. The molecule has 2 aromatic carbocycles. The van der Waals surface area contributed by atoms with Gasteiger partial charge in [-0.2, -0.15) is 4.68 Å². The Kier molecular flexibility index (Phi) is 5.20. The first-order valence-corrected chi connectivity index (χ1v) is 8.48. The molecule has 0 amide bonds. The van der Waals surface area contributed by atoms with Gasteiger partial charge in [-0.05, 0) is 29.8 Å². The first kappa shape index (κ1) is 16.8. The highest BCUT2D eigenvalue weighted by molar-refractivity contribution is 7.98. The number of nitrogen functional groups attached to an aromatic ring is 1. The van der Waals surface area contributed by atoms with E-state index in [9.17, 15) is 4.79 Å². The highest BCUT2D eigenvalue weighted by Crippen LogP contribution is 2.20. The average molecular weight is 355 g/mol. The van der Waals surface area contributed by atoms with Crippen molar-refractivity contribution < 1.29 is 4.74 Å². The van der Waals surface area contributed by atoms with Crippen LogP contribution in [0.5, 0.6) is 5.75 Å². The summed E-state index contributed by atoms with van der Waals surface area (Å²) in [5.74, 6) is 7.31. The maximum absolute atomic E-state index is 12.4. The number of ether oxygens (including phenoxy) is 1. The molecule has 3 rings (SSSR count). The highest BCUT2D eigenvalue weighted by atomic mass is 32.2. The van der Waals surface area contributed by atoms with Gasteiger partial charge in [-0.1, -0.05) is 42.1 Å². The van der Waals surface area contributed by atoms with Crippen molar-refractivity contribution in [2.75, 3.05) is 18.3 Å². The van der Waals surface area contributed by atoms with Gasteiger partial charge in [0, 0.05) is 11.4 Å². The molecule has 3 aromatic rings. The minimum atomic E-state index is -0.443. The summed E-state index contributed by atoms with van der Waals surface area (Å²) in [7, 11) is 1.59. The molecule has 25 heavy (non-hydrogen) atoms. The van der Waals surface area contributed by atoms with Crippen LogP contribution in [0.4, 0.5) is 11.5 Å². The molecule has 0 fully saturated rings. The van der Waals surface area contributed by atoms with Gasteiger partial charge < -0.3 is 15.9 Å². The molecule has 8 heteroatoms. The molecule has 0 radical (unpaired) electrons. The molecular formula is C17H17N5O2S. The lowest BCUT2D eigenvalue weighted by atomic mass is 10.2. The Morgan fingerprint density at radius 2 is 1.84 bits per heavy atom. The second-order valence-electron chi connectivity index (χ2n) is 5.13. The first-order valence-electron chi connectivity index (χ1n) is 7.50. The number of nitrogens with two attached hydrogens (primary N) is 1. The molecular weight excluding hydrogens is 338 g/mol. The minimum absolute atomic E-state index is 0.0664. The Morgan fingerprint density at radius 3 is 2.52 bits per heavy atom. The predicted octanol–water partition coefficient (Wildman–Crippen LogP) is 2.40. The van der Waals surface area contributed by atoms with Crippen LogP contribution in [0.1, 0.15) is 5.56 Å². The van der Waals surface area contributed by atoms with Gasteiger partial charge in [-0.15, -0.1) is 10.2 Å². The van der Waals surface area contributed by atoms with E-state index < -0.39 is 5.56 Å². The molecule has 3 N–H and O–H groups in total. The lowest BCUT2D eigenvalue weighted by Crippen LogP contribution is -2.32. The van der Waals surface area contributed by atoms with Crippen LogP contribution in [-0.2, 0) is 5.75 Å². The summed E-state index contributed by atoms with van der Waals surface area (Å²) in [6, 6.07) is 17.0. The Morgan fingerprint density at radius 1 is 1.12 bits per heavy atom. The van der Waals surface area contributed by atoms with Crippen molar-refractivity contribution in [1.29, 1.82) is 0 Å². The maximum atomic E-state index is 12.4. The van der Waals surface area contributed by atoms with E-state index in [1.807, 2.05) is 30.3 Å². The second kappa shape index (κ2) is 7.71. The van der Waals surface area contributed by atoms with Gasteiger partial charge in [-0.25, -0.2) is 0 Å². The SMILES string of the molecule is COc1ccc(Nc2nnc(SCc3ccccc3)n(N)c2=O)cc1. The lowest BCUT2D eigenvalue weighted by molar-refractivity contribution is 0.415. The van der Waals surface area contributed by atoms with Gasteiger partial charge in [0.05, 0.1) is 7.11 Å². The number of aromatic nitrogens is 3. The molecule has 1 aromatic heterocycles. The van der Waals surface area contributed by atoms with Crippen LogP contribution in [0.2, 0.25) is 0 Å². The number of nitrogens with one attached hydrogen (secondary N) is 1. The summed E-state index contributed by atoms with van der Waals surface area (Å²) in [5, 5.41) is 11.3. The Hall–Kier alpha value is -3.00. The summed E-state index contributed by atoms with van der Waals surface area (Å²) in [4.78, 5) is 12.4. The largest absolute Gasteiger partial charge is 0.497 e. The first-order chi connectivity index (χ1) is 12.2. The lowest BCUT2D eigenvalue weighted by Gasteiger charge is -2.09. The van der Waals surface area contributed by atoms with E-state index in [0.29, 0.717) is 16.6 Å². The predicted molar refractivity (Wildman–Crippen MR) is 98.7 cm³/mol. The molecule has 0 saturated carbocycles. The summed E-state index contributed by atoms with van der Waals surface area (Å²) in [6.45, 7) is 0. The van der Waals surface area contributed by atoms with Gasteiger partial charge in [0.2, 0.25) is 11.0 Å². The Bertz CT molecular complexity index is 897. The highest BCUT2D eigenvalue weighted by Gasteiger charge is 2.11. The average Bonchev–Trinajstić information content (AvgIpc) is 2.66. The zero-order valence-electron chi connectivity index (χ0n) is 13.5. The van der Waals surface area contributed by atoms with Crippen molar-refractivity contribution in [3.8, 4) is 5.75 Å². The van der Waals surface area contributed by atoms with Crippen molar-refractivity contribution in [2.45, 2.75) is 10.9 Å². The standard InChI is InChI=1S/C17H17N5O2S/c1-24-14-9-7-13(8-10-14)19-15-16(23)22(18)17(21-20-15)25-11-12-5-3-2-4-6-12/h2-10H,11,18H2,1H3,(H,19,20). The number of thioether (sulfide) groups is 1. The van der Waals surface area contributed by atoms with E-state index in [0.717, 1.165) is 16.0 Å². The third-order valence-electron chi connectivity index (χ3n) is 3.43. The second-order valence-corrected chi connectivity index (χ2v) is 6.08.